The Kier molecular flexibility index (Phi) is 5.62. The number of nitrogens with zero attached hydrogens (tertiary/aromatic N) is 2. The maximum Gasteiger partial charge on any atom is 0.340 e. The quantitative estimate of drug-likeness (QED) is 0.488. The van der Waals surface area contributed by atoms with Gasteiger partial charge in [0.05, 0.1) is 37.2 Å². The van der Waals surface area contributed by atoms with Crippen LogP contribution in [0, 0.1) is 3.95 Å². The summed E-state index contributed by atoms with van der Waals surface area (Å²) >= 11 is 6.61. The molecular weight excluding hydrogens is 360 g/mol. The van der Waals surface area contributed by atoms with Crippen molar-refractivity contribution in [3.63, 3.8) is 0 Å². The van der Waals surface area contributed by atoms with Crippen LogP contribution in [0.25, 0.3) is 0 Å². The summed E-state index contributed by atoms with van der Waals surface area (Å²) in [6.07, 6.45) is 3.59. The molecule has 0 amide bonds. The fourth-order valence-corrected chi connectivity index (χ4v) is 3.84. The number of methoxy groups -OCH3 is 1. The predicted molar refractivity (Wildman–Crippen MR) is 98.8 cm³/mol. The van der Waals surface area contributed by atoms with Crippen molar-refractivity contribution in [2.75, 3.05) is 13.7 Å². The monoisotopic (exact) mass is 378 g/mol. The third-order valence-corrected chi connectivity index (χ3v) is 5.31. The van der Waals surface area contributed by atoms with Crippen molar-refractivity contribution >= 4 is 41.4 Å². The number of thiazole rings is 1. The van der Waals surface area contributed by atoms with E-state index in [0.29, 0.717) is 26.6 Å². The molecule has 2 heterocycles. The molecule has 0 spiro atoms. The van der Waals surface area contributed by atoms with Gasteiger partial charge in [-0.1, -0.05) is 23.5 Å². The second-order valence-electron chi connectivity index (χ2n) is 5.57. The Bertz CT molecular complexity index is 851. The Labute approximate surface area is 154 Å². The lowest BCUT2D eigenvalue weighted by atomic mass is 10.2. The van der Waals surface area contributed by atoms with E-state index in [1.165, 1.54) is 24.7 Å². The van der Waals surface area contributed by atoms with Crippen molar-refractivity contribution in [3.8, 4) is 5.88 Å². The number of para-hydroxylation sites is 1. The number of benzene rings is 1. The van der Waals surface area contributed by atoms with Gasteiger partial charge in [-0.05, 0) is 37.2 Å². The molecule has 8 heteroatoms. The molecule has 132 valence electrons. The molecule has 1 aromatic heterocycles. The van der Waals surface area contributed by atoms with Crippen LogP contribution in [-0.4, -0.2) is 41.7 Å². The maximum absolute atomic E-state index is 11.8. The van der Waals surface area contributed by atoms with Gasteiger partial charge in [-0.2, -0.15) is 0 Å². The highest BCUT2D eigenvalue weighted by molar-refractivity contribution is 7.73. The number of hydrogen-bond donors (Lipinski definition) is 1. The zero-order valence-corrected chi connectivity index (χ0v) is 15.3. The Morgan fingerprint density at radius 3 is 3.08 bits per heavy atom. The number of aromatic hydroxyl groups is 1. The first-order valence-corrected chi connectivity index (χ1v) is 9.08. The number of ether oxygens (including phenoxy) is 2. The molecule has 6 nitrogen and oxygen atoms in total. The molecule has 1 aromatic carbocycles. The van der Waals surface area contributed by atoms with E-state index in [0.717, 1.165) is 19.4 Å². The first-order valence-electron chi connectivity index (χ1n) is 7.85. The summed E-state index contributed by atoms with van der Waals surface area (Å²) in [5, 5.41) is 10.4. The van der Waals surface area contributed by atoms with Gasteiger partial charge in [0.2, 0.25) is 5.88 Å². The third-order valence-electron chi connectivity index (χ3n) is 3.93. The Hall–Kier alpha value is -2.03. The number of aromatic nitrogens is 1. The molecule has 0 saturated carbocycles. The first kappa shape index (κ1) is 17.8. The van der Waals surface area contributed by atoms with Crippen molar-refractivity contribution in [1.82, 2.24) is 4.57 Å². The molecule has 1 aliphatic rings. The van der Waals surface area contributed by atoms with Gasteiger partial charge in [-0.25, -0.2) is 4.79 Å². The summed E-state index contributed by atoms with van der Waals surface area (Å²) in [5.41, 5.74) is 0.835. The number of rotatable bonds is 5. The van der Waals surface area contributed by atoms with Crippen LogP contribution < -0.4 is 0 Å². The average molecular weight is 378 g/mol. The Balaban J connectivity index is 1.85. The molecule has 0 aliphatic carbocycles. The van der Waals surface area contributed by atoms with Crippen LogP contribution in [0.1, 0.15) is 28.1 Å². The van der Waals surface area contributed by atoms with E-state index in [2.05, 4.69) is 4.99 Å². The lowest BCUT2D eigenvalue weighted by Crippen LogP contribution is -2.14. The minimum Gasteiger partial charge on any atom is -0.493 e. The average Bonchev–Trinajstić information content (AvgIpc) is 3.23. The van der Waals surface area contributed by atoms with Crippen molar-refractivity contribution in [2.45, 2.75) is 25.5 Å². The van der Waals surface area contributed by atoms with E-state index in [4.69, 9.17) is 21.7 Å². The van der Waals surface area contributed by atoms with Gasteiger partial charge >= 0.3 is 5.97 Å². The lowest BCUT2D eigenvalue weighted by molar-refractivity contribution is 0.0601. The van der Waals surface area contributed by atoms with Gasteiger partial charge in [-0.3, -0.25) is 9.56 Å². The number of aliphatic imine (C=N–C) groups is 1. The number of carbonyl (C=O) groups excluding carboxylic acids is 1. The SMILES string of the molecule is COC(=O)c1ccccc1N=Cc1sc(=S)n(C[C@H]2CCCO2)c1O. The lowest BCUT2D eigenvalue weighted by Gasteiger charge is -2.10. The van der Waals surface area contributed by atoms with Gasteiger partial charge in [-0.15, -0.1) is 0 Å². The van der Waals surface area contributed by atoms with Crippen LogP contribution in [0.2, 0.25) is 0 Å². The van der Waals surface area contributed by atoms with E-state index < -0.39 is 5.97 Å². The second kappa shape index (κ2) is 7.90. The zero-order valence-electron chi connectivity index (χ0n) is 13.7. The molecule has 1 saturated heterocycles. The predicted octanol–water partition coefficient (Wildman–Crippen LogP) is 3.70. The minimum absolute atomic E-state index is 0.0739. The smallest absolute Gasteiger partial charge is 0.340 e. The summed E-state index contributed by atoms with van der Waals surface area (Å²) in [7, 11) is 1.32. The van der Waals surface area contributed by atoms with Crippen molar-refractivity contribution < 1.29 is 19.4 Å². The molecular formula is C17H18N2O4S2. The fraction of sp³-hybridized carbons (Fsp3) is 0.353. The molecule has 0 radical (unpaired) electrons. The van der Waals surface area contributed by atoms with Crippen molar-refractivity contribution in [1.29, 1.82) is 0 Å². The standard InChI is InChI=1S/C17H18N2O4S2/c1-22-16(21)12-6-2-3-7-13(12)18-9-14-15(20)19(17(24)25-14)10-11-5-4-8-23-11/h2-3,6-7,9,11,20H,4-5,8,10H2,1H3/t11-/m1/s1. The minimum atomic E-state index is -0.458. The van der Waals surface area contributed by atoms with Crippen molar-refractivity contribution in [2.24, 2.45) is 4.99 Å². The van der Waals surface area contributed by atoms with Gasteiger partial charge in [0.15, 0.2) is 3.95 Å². The van der Waals surface area contributed by atoms with Crippen LogP contribution in [0.5, 0.6) is 5.88 Å². The van der Waals surface area contributed by atoms with E-state index in [-0.39, 0.29) is 12.0 Å². The maximum atomic E-state index is 11.8. The molecule has 3 rings (SSSR count). The Morgan fingerprint density at radius 1 is 1.56 bits per heavy atom. The van der Waals surface area contributed by atoms with E-state index in [9.17, 15) is 9.90 Å². The molecule has 2 aromatic rings. The van der Waals surface area contributed by atoms with Crippen LogP contribution in [0.4, 0.5) is 5.69 Å². The van der Waals surface area contributed by atoms with Gasteiger partial charge in [0.25, 0.3) is 0 Å². The second-order valence-corrected chi connectivity index (χ2v) is 7.24. The van der Waals surface area contributed by atoms with Gasteiger partial charge in [0, 0.05) is 6.61 Å². The molecule has 1 N–H and O–H groups in total. The summed E-state index contributed by atoms with van der Waals surface area (Å²) in [4.78, 5) is 16.7. The summed E-state index contributed by atoms with van der Waals surface area (Å²) in [6.45, 7) is 1.29. The highest BCUT2D eigenvalue weighted by Gasteiger charge is 2.19. The van der Waals surface area contributed by atoms with Gasteiger partial charge in [0.1, 0.15) is 4.88 Å². The van der Waals surface area contributed by atoms with E-state index in [1.807, 2.05) is 0 Å². The van der Waals surface area contributed by atoms with Crippen molar-refractivity contribution in [3.05, 3.63) is 38.7 Å². The number of hydrogen-bond acceptors (Lipinski definition) is 7. The largest absolute Gasteiger partial charge is 0.493 e. The summed E-state index contributed by atoms with van der Waals surface area (Å²) in [6, 6.07) is 6.87. The molecule has 25 heavy (non-hydrogen) atoms. The normalized spacial score (nSPS) is 17.2. The highest BCUT2D eigenvalue weighted by Crippen LogP contribution is 2.28. The van der Waals surface area contributed by atoms with Crippen LogP contribution in [0.15, 0.2) is 29.3 Å². The first-order chi connectivity index (χ1) is 12.1. The fourth-order valence-electron chi connectivity index (χ4n) is 2.65. The van der Waals surface area contributed by atoms with E-state index in [1.54, 1.807) is 28.8 Å². The number of esters is 1. The van der Waals surface area contributed by atoms with Crippen LogP contribution >= 0.6 is 23.6 Å². The van der Waals surface area contributed by atoms with Crippen LogP contribution in [-0.2, 0) is 16.0 Å². The van der Waals surface area contributed by atoms with E-state index >= 15 is 0 Å². The molecule has 1 fully saturated rings. The summed E-state index contributed by atoms with van der Waals surface area (Å²) < 4.78 is 12.6. The third kappa shape index (κ3) is 3.97. The molecule has 1 atom stereocenters. The number of carbonyl (C=O) groups is 1. The molecule has 0 unspecified atom stereocenters. The zero-order chi connectivity index (χ0) is 17.8. The Morgan fingerprint density at radius 2 is 2.36 bits per heavy atom. The topological polar surface area (TPSA) is 73.0 Å². The van der Waals surface area contributed by atoms with Gasteiger partial charge < -0.3 is 14.6 Å². The highest BCUT2D eigenvalue weighted by atomic mass is 32.1. The molecule has 0 bridgehead atoms. The summed E-state index contributed by atoms with van der Waals surface area (Å²) in [5.74, 6) is -0.384. The van der Waals surface area contributed by atoms with Crippen LogP contribution in [0.3, 0.4) is 0 Å². The molecule has 1 aliphatic heterocycles.